The molecule has 0 unspecified atom stereocenters. The van der Waals surface area contributed by atoms with Gasteiger partial charge in [-0.25, -0.2) is 4.79 Å². The van der Waals surface area contributed by atoms with Gasteiger partial charge in [0.15, 0.2) is 0 Å². The first-order chi connectivity index (χ1) is 12.1. The molecule has 1 aliphatic rings. The van der Waals surface area contributed by atoms with Crippen LogP contribution in [0.15, 0.2) is 42.5 Å². The van der Waals surface area contributed by atoms with Gasteiger partial charge in [-0.15, -0.1) is 0 Å². The van der Waals surface area contributed by atoms with E-state index in [4.69, 9.17) is 0 Å². The molecule has 0 bridgehead atoms. The Kier molecular flexibility index (Phi) is 5.92. The number of fused-ring (bicyclic) bond motifs is 1. The number of urea groups is 1. The normalized spacial score (nSPS) is 16.3. The lowest BCUT2D eigenvalue weighted by atomic mass is 9.96. The third-order valence-corrected chi connectivity index (χ3v) is 5.25. The number of carbonyl (C=O) groups is 1. The number of likely N-dealkylation sites (tertiary alicyclic amines) is 1. The first-order valence-electron chi connectivity index (χ1n) is 9.36. The van der Waals surface area contributed by atoms with Crippen LogP contribution in [0.4, 0.5) is 4.79 Å². The molecular formula is C21H29N3O. The molecular weight excluding hydrogens is 310 g/mol. The predicted molar refractivity (Wildman–Crippen MR) is 104 cm³/mol. The molecule has 4 heteroatoms. The number of hydrogen-bond acceptors (Lipinski definition) is 2. The lowest BCUT2D eigenvalue weighted by Gasteiger charge is -2.34. The summed E-state index contributed by atoms with van der Waals surface area (Å²) in [6.45, 7) is 8.11. The summed E-state index contributed by atoms with van der Waals surface area (Å²) < 4.78 is 0. The molecule has 1 heterocycles. The fourth-order valence-electron chi connectivity index (χ4n) is 3.60. The van der Waals surface area contributed by atoms with Crippen molar-refractivity contribution in [1.29, 1.82) is 0 Å². The average molecular weight is 339 g/mol. The summed E-state index contributed by atoms with van der Waals surface area (Å²) in [5.41, 5.74) is 1.15. The molecule has 2 aromatic carbocycles. The predicted octanol–water partition coefficient (Wildman–Crippen LogP) is 3.76. The zero-order valence-corrected chi connectivity index (χ0v) is 15.3. The van der Waals surface area contributed by atoms with Crippen molar-refractivity contribution >= 4 is 16.8 Å². The van der Waals surface area contributed by atoms with Gasteiger partial charge in [0, 0.05) is 19.1 Å². The summed E-state index contributed by atoms with van der Waals surface area (Å²) in [6.07, 6.45) is 2.34. The third kappa shape index (κ3) is 4.73. The first kappa shape index (κ1) is 17.7. The second-order valence-corrected chi connectivity index (χ2v) is 7.27. The number of nitrogens with zero attached hydrogens (tertiary/aromatic N) is 1. The van der Waals surface area contributed by atoms with Crippen molar-refractivity contribution in [3.8, 4) is 0 Å². The highest BCUT2D eigenvalue weighted by molar-refractivity contribution is 5.86. The van der Waals surface area contributed by atoms with Crippen LogP contribution in [-0.4, -0.2) is 36.6 Å². The minimum atomic E-state index is -0.0702. The number of benzene rings is 2. The summed E-state index contributed by atoms with van der Waals surface area (Å²) in [5, 5.41) is 8.45. The summed E-state index contributed by atoms with van der Waals surface area (Å²) in [4.78, 5) is 14.6. The van der Waals surface area contributed by atoms with Gasteiger partial charge in [-0.1, -0.05) is 42.5 Å². The highest BCUT2D eigenvalue weighted by Crippen LogP contribution is 2.19. The molecule has 25 heavy (non-hydrogen) atoms. The Balaban J connectivity index is 1.44. The van der Waals surface area contributed by atoms with E-state index in [1.165, 1.54) is 23.6 Å². The Morgan fingerprint density at radius 1 is 1.08 bits per heavy atom. The maximum Gasteiger partial charge on any atom is 0.315 e. The van der Waals surface area contributed by atoms with Crippen molar-refractivity contribution in [2.75, 3.05) is 19.6 Å². The molecule has 4 nitrogen and oxygen atoms in total. The van der Waals surface area contributed by atoms with Gasteiger partial charge in [0.25, 0.3) is 0 Å². The fraction of sp³-hybridized carbons (Fsp3) is 0.476. The molecule has 2 aromatic rings. The monoisotopic (exact) mass is 339 g/mol. The Labute approximate surface area is 150 Å². The first-order valence-corrected chi connectivity index (χ1v) is 9.36. The Morgan fingerprint density at radius 2 is 1.80 bits per heavy atom. The van der Waals surface area contributed by atoms with Crippen molar-refractivity contribution in [1.82, 2.24) is 15.5 Å². The van der Waals surface area contributed by atoms with E-state index in [9.17, 15) is 4.79 Å². The minimum Gasteiger partial charge on any atom is -0.338 e. The molecule has 0 radical (unpaired) electrons. The molecule has 0 aromatic heterocycles. The van der Waals surface area contributed by atoms with Gasteiger partial charge in [-0.05, 0) is 62.0 Å². The SMILES string of the molecule is CC(C)N1CCC(CNC(=O)NCc2cccc3ccccc23)CC1. The van der Waals surface area contributed by atoms with Gasteiger partial charge in [0.2, 0.25) is 0 Å². The lowest BCUT2D eigenvalue weighted by molar-refractivity contribution is 0.148. The van der Waals surface area contributed by atoms with E-state index in [0.717, 1.165) is 25.2 Å². The molecule has 2 amide bonds. The van der Waals surface area contributed by atoms with Gasteiger partial charge < -0.3 is 15.5 Å². The van der Waals surface area contributed by atoms with Crippen molar-refractivity contribution in [2.24, 2.45) is 5.92 Å². The highest BCUT2D eigenvalue weighted by atomic mass is 16.2. The smallest absolute Gasteiger partial charge is 0.315 e. The third-order valence-electron chi connectivity index (χ3n) is 5.25. The number of rotatable bonds is 5. The van der Waals surface area contributed by atoms with E-state index in [-0.39, 0.29) is 6.03 Å². The molecule has 134 valence electrons. The maximum absolute atomic E-state index is 12.1. The summed E-state index contributed by atoms with van der Waals surface area (Å²) in [7, 11) is 0. The van der Waals surface area contributed by atoms with Gasteiger partial charge in [0.05, 0.1) is 0 Å². The van der Waals surface area contributed by atoms with Crippen molar-refractivity contribution in [3.63, 3.8) is 0 Å². The van der Waals surface area contributed by atoms with Crippen molar-refractivity contribution in [3.05, 3.63) is 48.0 Å². The highest BCUT2D eigenvalue weighted by Gasteiger charge is 2.21. The number of hydrogen-bond donors (Lipinski definition) is 2. The van der Waals surface area contributed by atoms with Crippen LogP contribution in [0.2, 0.25) is 0 Å². The van der Waals surface area contributed by atoms with Gasteiger partial charge in [-0.3, -0.25) is 0 Å². The average Bonchev–Trinajstić information content (AvgIpc) is 2.65. The zero-order chi connectivity index (χ0) is 17.6. The van der Waals surface area contributed by atoms with E-state index < -0.39 is 0 Å². The number of nitrogens with one attached hydrogen (secondary N) is 2. The van der Waals surface area contributed by atoms with Crippen LogP contribution in [0.3, 0.4) is 0 Å². The number of piperidine rings is 1. The van der Waals surface area contributed by atoms with E-state index >= 15 is 0 Å². The van der Waals surface area contributed by atoms with Gasteiger partial charge >= 0.3 is 6.03 Å². The standard InChI is InChI=1S/C21H29N3O/c1-16(2)24-12-10-17(11-13-24)14-22-21(25)23-15-19-8-5-7-18-6-3-4-9-20(18)19/h3-9,16-17H,10-15H2,1-2H3,(H2,22,23,25). The van der Waals surface area contributed by atoms with E-state index in [1.807, 2.05) is 18.2 Å². The van der Waals surface area contributed by atoms with Crippen LogP contribution in [0, 0.1) is 5.92 Å². The topological polar surface area (TPSA) is 44.4 Å². The van der Waals surface area contributed by atoms with Crippen molar-refractivity contribution in [2.45, 2.75) is 39.3 Å². The molecule has 0 atom stereocenters. The van der Waals surface area contributed by atoms with Crippen LogP contribution < -0.4 is 10.6 Å². The summed E-state index contributed by atoms with van der Waals surface area (Å²) >= 11 is 0. The molecule has 1 aliphatic heterocycles. The molecule has 2 N–H and O–H groups in total. The summed E-state index contributed by atoms with van der Waals surface area (Å²) in [6, 6.07) is 15.0. The van der Waals surface area contributed by atoms with Crippen LogP contribution in [0.1, 0.15) is 32.3 Å². The molecule has 0 aliphatic carbocycles. The van der Waals surface area contributed by atoms with Gasteiger partial charge in [-0.2, -0.15) is 0 Å². The van der Waals surface area contributed by atoms with Crippen LogP contribution in [-0.2, 0) is 6.54 Å². The molecule has 1 saturated heterocycles. The quantitative estimate of drug-likeness (QED) is 0.871. The molecule has 0 spiro atoms. The molecule has 1 fully saturated rings. The Hall–Kier alpha value is -2.07. The Morgan fingerprint density at radius 3 is 2.56 bits per heavy atom. The Bertz CT molecular complexity index is 700. The fourth-order valence-corrected chi connectivity index (χ4v) is 3.60. The molecule has 3 rings (SSSR count). The zero-order valence-electron chi connectivity index (χ0n) is 15.3. The largest absolute Gasteiger partial charge is 0.338 e. The molecule has 0 saturated carbocycles. The van der Waals surface area contributed by atoms with E-state index in [1.54, 1.807) is 0 Å². The number of carbonyl (C=O) groups excluding carboxylic acids is 1. The minimum absolute atomic E-state index is 0.0702. The van der Waals surface area contributed by atoms with Crippen LogP contribution in [0.5, 0.6) is 0 Å². The lowest BCUT2D eigenvalue weighted by Crippen LogP contribution is -2.43. The van der Waals surface area contributed by atoms with E-state index in [0.29, 0.717) is 18.5 Å². The van der Waals surface area contributed by atoms with Crippen LogP contribution >= 0.6 is 0 Å². The summed E-state index contributed by atoms with van der Waals surface area (Å²) in [5.74, 6) is 0.596. The maximum atomic E-state index is 12.1. The van der Waals surface area contributed by atoms with Gasteiger partial charge in [0.1, 0.15) is 0 Å². The second kappa shape index (κ2) is 8.34. The second-order valence-electron chi connectivity index (χ2n) is 7.27. The van der Waals surface area contributed by atoms with E-state index in [2.05, 4.69) is 53.6 Å². The van der Waals surface area contributed by atoms with Crippen molar-refractivity contribution < 1.29 is 4.79 Å². The number of amides is 2. The van der Waals surface area contributed by atoms with Crippen LogP contribution in [0.25, 0.3) is 10.8 Å².